The van der Waals surface area contributed by atoms with Crippen LogP contribution in [0.1, 0.15) is 63.9 Å². The van der Waals surface area contributed by atoms with Crippen molar-refractivity contribution in [1.29, 1.82) is 0 Å². The lowest BCUT2D eigenvalue weighted by Crippen LogP contribution is -2.34. The van der Waals surface area contributed by atoms with Gasteiger partial charge in [0.2, 0.25) is 0 Å². The third-order valence-corrected chi connectivity index (χ3v) is 4.05. The Hall–Kier alpha value is -1.55. The van der Waals surface area contributed by atoms with Gasteiger partial charge in [-0.25, -0.2) is 0 Å². The fraction of sp³-hybridized carbons (Fsp3) is 0.611. The highest BCUT2D eigenvalue weighted by atomic mass is 16.7. The van der Waals surface area contributed by atoms with Crippen LogP contribution in [0.5, 0.6) is 5.75 Å². The molecule has 1 unspecified atom stereocenters. The normalized spacial score (nSPS) is 18.0. The highest BCUT2D eigenvalue weighted by Crippen LogP contribution is 2.39. The molecule has 0 bridgehead atoms. The number of aliphatic hydroxyl groups is 1. The maximum atomic E-state index is 11.7. The fourth-order valence-electron chi connectivity index (χ4n) is 2.90. The first-order valence-electron chi connectivity index (χ1n) is 8.25. The monoisotopic (exact) mass is 306 g/mol. The minimum absolute atomic E-state index is 0.330. The molecule has 4 heteroatoms. The molecule has 2 rings (SSSR count). The smallest absolute Gasteiger partial charge is 0.308 e. The minimum atomic E-state index is -0.957. The molecule has 122 valence electrons. The summed E-state index contributed by atoms with van der Waals surface area (Å²) in [6.45, 7) is 3.48. The Bertz CT molecular complexity index is 478. The van der Waals surface area contributed by atoms with E-state index < -0.39 is 12.4 Å². The van der Waals surface area contributed by atoms with Gasteiger partial charge in [-0.15, -0.1) is 0 Å². The Morgan fingerprint density at radius 1 is 1.32 bits per heavy atom. The van der Waals surface area contributed by atoms with Crippen molar-refractivity contribution < 1.29 is 19.4 Å². The molecule has 22 heavy (non-hydrogen) atoms. The first-order chi connectivity index (χ1) is 10.6. The van der Waals surface area contributed by atoms with Gasteiger partial charge >= 0.3 is 5.97 Å². The van der Waals surface area contributed by atoms with Crippen LogP contribution in [-0.2, 0) is 9.53 Å². The van der Waals surface area contributed by atoms with Crippen molar-refractivity contribution in [2.45, 2.75) is 70.7 Å². The summed E-state index contributed by atoms with van der Waals surface area (Å²) in [6, 6.07) is 7.86. The summed E-state index contributed by atoms with van der Waals surface area (Å²) in [4.78, 5) is 11.7. The molecular weight excluding hydrogens is 280 g/mol. The number of esters is 1. The third kappa shape index (κ3) is 4.47. The van der Waals surface area contributed by atoms with Gasteiger partial charge in [-0.1, -0.05) is 38.0 Å². The Morgan fingerprint density at radius 2 is 2.00 bits per heavy atom. The number of para-hydroxylation sites is 1. The molecule has 1 aliphatic rings. The van der Waals surface area contributed by atoms with Crippen molar-refractivity contribution in [3.63, 3.8) is 0 Å². The van der Waals surface area contributed by atoms with Gasteiger partial charge < -0.3 is 14.6 Å². The molecule has 1 N–H and O–H groups in total. The molecule has 4 nitrogen and oxygen atoms in total. The number of hydrogen-bond donors (Lipinski definition) is 1. The van der Waals surface area contributed by atoms with Gasteiger partial charge in [0.05, 0.1) is 0 Å². The molecule has 1 aliphatic carbocycles. The lowest BCUT2D eigenvalue weighted by Gasteiger charge is -2.24. The van der Waals surface area contributed by atoms with Crippen molar-refractivity contribution in [3.8, 4) is 5.75 Å². The molecule has 1 aromatic rings. The summed E-state index contributed by atoms with van der Waals surface area (Å²) in [5.74, 6) is 0.869. The molecule has 0 amide bonds. The fourth-order valence-corrected chi connectivity index (χ4v) is 2.90. The molecule has 1 fully saturated rings. The molecule has 2 atom stereocenters. The molecule has 0 spiro atoms. The van der Waals surface area contributed by atoms with E-state index in [0.717, 1.165) is 18.4 Å². The van der Waals surface area contributed by atoms with Crippen LogP contribution in [0.2, 0.25) is 0 Å². The number of ether oxygens (including phenoxy) is 2. The number of carbonyl (C=O) groups excluding carboxylic acids is 1. The van der Waals surface area contributed by atoms with Crippen molar-refractivity contribution in [2.75, 3.05) is 0 Å². The second-order valence-corrected chi connectivity index (χ2v) is 5.99. The lowest BCUT2D eigenvalue weighted by molar-refractivity contribution is -0.178. The van der Waals surface area contributed by atoms with Crippen LogP contribution >= 0.6 is 0 Å². The zero-order chi connectivity index (χ0) is 15.9. The molecule has 0 heterocycles. The Kier molecular flexibility index (Phi) is 6.25. The van der Waals surface area contributed by atoms with E-state index in [-0.39, 0.29) is 5.97 Å². The largest absolute Gasteiger partial charge is 0.452 e. The summed E-state index contributed by atoms with van der Waals surface area (Å²) in [5.41, 5.74) is 1.15. The average Bonchev–Trinajstić information content (AvgIpc) is 3.01. The standard InChI is InChI=1S/C18H26O4/c1-3-8-17(20)22-18(13(2)19)21-16-12-7-6-11-15(16)14-9-4-5-10-14/h6-7,11-14,18-19H,3-5,8-10H2,1-2H3/t13-,18?/m1/s1. The summed E-state index contributed by atoms with van der Waals surface area (Å²) in [6.07, 6.45) is 4.01. The third-order valence-electron chi connectivity index (χ3n) is 4.05. The zero-order valence-electron chi connectivity index (χ0n) is 13.5. The second-order valence-electron chi connectivity index (χ2n) is 5.99. The Balaban J connectivity index is 2.10. The predicted octanol–water partition coefficient (Wildman–Crippen LogP) is 3.77. The molecular formula is C18H26O4. The molecule has 0 aliphatic heterocycles. The SMILES string of the molecule is CCCC(=O)OC(Oc1ccccc1C1CCCC1)[C@@H](C)O. The van der Waals surface area contributed by atoms with E-state index in [1.54, 1.807) is 6.92 Å². The first kappa shape index (κ1) is 16.8. The summed E-state index contributed by atoms with van der Waals surface area (Å²) >= 11 is 0. The molecule has 0 radical (unpaired) electrons. The second kappa shape index (κ2) is 8.18. The van der Waals surface area contributed by atoms with E-state index in [0.29, 0.717) is 24.5 Å². The number of hydrogen-bond acceptors (Lipinski definition) is 4. The van der Waals surface area contributed by atoms with Crippen LogP contribution in [-0.4, -0.2) is 23.5 Å². The number of aliphatic hydroxyl groups excluding tert-OH is 1. The maximum absolute atomic E-state index is 11.7. The molecule has 1 aromatic carbocycles. The van der Waals surface area contributed by atoms with Gasteiger partial charge in [0.1, 0.15) is 11.9 Å². The van der Waals surface area contributed by atoms with Gasteiger partial charge in [0.25, 0.3) is 6.29 Å². The topological polar surface area (TPSA) is 55.8 Å². The van der Waals surface area contributed by atoms with Crippen molar-refractivity contribution in [3.05, 3.63) is 29.8 Å². The Morgan fingerprint density at radius 3 is 2.64 bits per heavy atom. The summed E-state index contributed by atoms with van der Waals surface area (Å²) in [7, 11) is 0. The first-order valence-corrected chi connectivity index (χ1v) is 8.25. The summed E-state index contributed by atoms with van der Waals surface area (Å²) in [5, 5.41) is 9.84. The summed E-state index contributed by atoms with van der Waals surface area (Å²) < 4.78 is 11.1. The van der Waals surface area contributed by atoms with Crippen LogP contribution in [0, 0.1) is 0 Å². The van der Waals surface area contributed by atoms with Crippen molar-refractivity contribution in [2.24, 2.45) is 0 Å². The molecule has 1 saturated carbocycles. The van der Waals surface area contributed by atoms with Crippen LogP contribution in [0.4, 0.5) is 0 Å². The van der Waals surface area contributed by atoms with Crippen molar-refractivity contribution >= 4 is 5.97 Å². The van der Waals surface area contributed by atoms with Crippen LogP contribution in [0.25, 0.3) is 0 Å². The van der Waals surface area contributed by atoms with Crippen LogP contribution < -0.4 is 4.74 Å². The van der Waals surface area contributed by atoms with E-state index in [4.69, 9.17) is 9.47 Å². The van der Waals surface area contributed by atoms with Gasteiger partial charge in [-0.3, -0.25) is 4.79 Å². The van der Waals surface area contributed by atoms with E-state index in [1.165, 1.54) is 12.8 Å². The van der Waals surface area contributed by atoms with E-state index in [9.17, 15) is 9.90 Å². The van der Waals surface area contributed by atoms with E-state index in [2.05, 4.69) is 6.07 Å². The van der Waals surface area contributed by atoms with Gasteiger partial charge in [-0.05, 0) is 43.7 Å². The average molecular weight is 306 g/mol. The van der Waals surface area contributed by atoms with E-state index >= 15 is 0 Å². The van der Waals surface area contributed by atoms with E-state index in [1.807, 2.05) is 25.1 Å². The lowest BCUT2D eigenvalue weighted by atomic mass is 9.97. The highest BCUT2D eigenvalue weighted by Gasteiger charge is 2.25. The predicted molar refractivity (Wildman–Crippen MR) is 84.7 cm³/mol. The van der Waals surface area contributed by atoms with Crippen LogP contribution in [0.3, 0.4) is 0 Å². The molecule has 0 aromatic heterocycles. The minimum Gasteiger partial charge on any atom is -0.452 e. The maximum Gasteiger partial charge on any atom is 0.308 e. The number of rotatable bonds is 7. The zero-order valence-corrected chi connectivity index (χ0v) is 13.5. The van der Waals surface area contributed by atoms with Gasteiger partial charge in [-0.2, -0.15) is 0 Å². The quantitative estimate of drug-likeness (QED) is 0.615. The molecule has 0 saturated heterocycles. The number of benzene rings is 1. The van der Waals surface area contributed by atoms with Crippen LogP contribution in [0.15, 0.2) is 24.3 Å². The highest BCUT2D eigenvalue weighted by molar-refractivity contribution is 5.69. The van der Waals surface area contributed by atoms with Gasteiger partial charge in [0.15, 0.2) is 0 Å². The Labute approximate surface area is 132 Å². The number of carbonyl (C=O) groups is 1. The van der Waals surface area contributed by atoms with Crippen molar-refractivity contribution in [1.82, 2.24) is 0 Å². The van der Waals surface area contributed by atoms with Gasteiger partial charge in [0, 0.05) is 6.42 Å².